The molecule has 2 heterocycles. The Morgan fingerprint density at radius 2 is 2.06 bits per heavy atom. The number of hydrogen-bond donors (Lipinski definition) is 0. The number of aromatic nitrogens is 1. The first-order valence-electron chi connectivity index (χ1n) is 5.67. The fourth-order valence-electron chi connectivity index (χ4n) is 1.93. The molecule has 1 saturated heterocycles. The maximum Gasteiger partial charge on any atom is 0.151 e. The highest BCUT2D eigenvalue weighted by atomic mass is 16.5. The van der Waals surface area contributed by atoms with Crippen LogP contribution in [0.1, 0.15) is 11.3 Å². The Kier molecular flexibility index (Phi) is 3.08. The van der Waals surface area contributed by atoms with Gasteiger partial charge >= 0.3 is 0 Å². The molecule has 0 radical (unpaired) electrons. The van der Waals surface area contributed by atoms with E-state index in [2.05, 4.69) is 30.7 Å². The lowest BCUT2D eigenvalue weighted by Crippen LogP contribution is -2.50. The number of likely N-dealkylation sites (N-methyl/N-ethyl adjacent to an activating group) is 1. The second kappa shape index (κ2) is 4.36. The van der Waals surface area contributed by atoms with E-state index in [0.717, 1.165) is 42.2 Å². The van der Waals surface area contributed by atoms with E-state index in [1.54, 1.807) is 0 Å². The van der Waals surface area contributed by atoms with Gasteiger partial charge in [-0.15, -0.1) is 0 Å². The number of quaternary nitrogens is 1. The molecule has 1 aliphatic heterocycles. The van der Waals surface area contributed by atoms with E-state index in [1.165, 1.54) is 5.56 Å². The Balaban J connectivity index is 2.20. The van der Waals surface area contributed by atoms with Crippen LogP contribution in [0.3, 0.4) is 0 Å². The van der Waals surface area contributed by atoms with Crippen LogP contribution in [0.15, 0.2) is 24.9 Å². The molecule has 86 valence electrons. The zero-order chi connectivity index (χ0) is 11.6. The van der Waals surface area contributed by atoms with Gasteiger partial charge in [0.15, 0.2) is 5.70 Å². The van der Waals surface area contributed by atoms with Crippen molar-refractivity contribution >= 4 is 5.70 Å². The molecule has 0 bridgehead atoms. The minimum absolute atomic E-state index is 0.807. The predicted molar refractivity (Wildman–Crippen MR) is 64.7 cm³/mol. The van der Waals surface area contributed by atoms with Gasteiger partial charge in [0, 0.05) is 6.20 Å². The number of pyridine rings is 1. The van der Waals surface area contributed by atoms with Crippen molar-refractivity contribution in [3.63, 3.8) is 0 Å². The largest absolute Gasteiger partial charge is 0.370 e. The summed E-state index contributed by atoms with van der Waals surface area (Å²) in [6.45, 7) is 9.83. The van der Waals surface area contributed by atoms with Gasteiger partial charge in [0.1, 0.15) is 18.8 Å². The summed E-state index contributed by atoms with van der Waals surface area (Å²) in [5.74, 6) is 0. The van der Waals surface area contributed by atoms with Crippen LogP contribution >= 0.6 is 0 Å². The van der Waals surface area contributed by atoms with Crippen molar-refractivity contribution in [3.05, 3.63) is 36.2 Å². The van der Waals surface area contributed by atoms with E-state index < -0.39 is 0 Å². The number of nitrogens with zero attached hydrogens (tertiary/aromatic N) is 2. The van der Waals surface area contributed by atoms with Crippen molar-refractivity contribution in [2.24, 2.45) is 0 Å². The minimum atomic E-state index is 0.807. The van der Waals surface area contributed by atoms with Gasteiger partial charge in [0.25, 0.3) is 0 Å². The van der Waals surface area contributed by atoms with E-state index in [-0.39, 0.29) is 0 Å². The van der Waals surface area contributed by atoms with Crippen molar-refractivity contribution in [3.8, 4) is 0 Å². The van der Waals surface area contributed by atoms with E-state index in [9.17, 15) is 0 Å². The van der Waals surface area contributed by atoms with Crippen LogP contribution < -0.4 is 0 Å². The van der Waals surface area contributed by atoms with Gasteiger partial charge in [-0.25, -0.2) is 0 Å². The van der Waals surface area contributed by atoms with Crippen molar-refractivity contribution in [1.82, 2.24) is 4.98 Å². The normalized spacial score (nSPS) is 19.4. The third-order valence-corrected chi connectivity index (χ3v) is 3.32. The summed E-state index contributed by atoms with van der Waals surface area (Å²) in [6.07, 6.45) is 1.90. The fraction of sp³-hybridized carbons (Fsp3) is 0.462. The number of rotatable bonds is 2. The number of morpholine rings is 1. The maximum absolute atomic E-state index is 5.39. The lowest BCUT2D eigenvalue weighted by molar-refractivity contribution is -0.848. The average molecular weight is 219 g/mol. The Morgan fingerprint density at radius 1 is 1.38 bits per heavy atom. The monoisotopic (exact) mass is 219 g/mol. The van der Waals surface area contributed by atoms with Crippen molar-refractivity contribution in [2.75, 3.05) is 33.4 Å². The highest BCUT2D eigenvalue weighted by Crippen LogP contribution is 2.23. The molecule has 3 nitrogen and oxygen atoms in total. The van der Waals surface area contributed by atoms with Gasteiger partial charge < -0.3 is 4.74 Å². The molecule has 16 heavy (non-hydrogen) atoms. The minimum Gasteiger partial charge on any atom is -0.370 e. The zero-order valence-corrected chi connectivity index (χ0v) is 10.1. The van der Waals surface area contributed by atoms with Gasteiger partial charge in [0.05, 0.1) is 20.3 Å². The molecule has 0 N–H and O–H groups in total. The van der Waals surface area contributed by atoms with E-state index >= 15 is 0 Å². The summed E-state index contributed by atoms with van der Waals surface area (Å²) in [7, 11) is 2.20. The van der Waals surface area contributed by atoms with E-state index in [0.29, 0.717) is 0 Å². The van der Waals surface area contributed by atoms with Crippen molar-refractivity contribution in [1.29, 1.82) is 0 Å². The molecule has 0 spiro atoms. The van der Waals surface area contributed by atoms with E-state index in [1.807, 2.05) is 13.1 Å². The third kappa shape index (κ3) is 2.15. The standard InChI is InChI=1S/C13H19N2O/c1-11-4-5-13(14-10-11)12(2)15(3)6-8-16-9-7-15/h4-5,10H,2,6-9H2,1,3H3/q+1. The maximum atomic E-state index is 5.39. The molecule has 1 aromatic rings. The van der Waals surface area contributed by atoms with Gasteiger partial charge in [-0.1, -0.05) is 6.07 Å². The molecule has 3 heteroatoms. The molecule has 0 aliphatic carbocycles. The first-order valence-corrected chi connectivity index (χ1v) is 5.67. The molecule has 1 fully saturated rings. The summed E-state index contributed by atoms with van der Waals surface area (Å²) in [6, 6.07) is 4.14. The van der Waals surface area contributed by atoms with Crippen LogP contribution in [0, 0.1) is 6.92 Å². The quantitative estimate of drug-likeness (QED) is 0.708. The summed E-state index contributed by atoms with van der Waals surface area (Å²) >= 11 is 0. The Labute approximate surface area is 97.0 Å². The summed E-state index contributed by atoms with van der Waals surface area (Å²) in [5.41, 5.74) is 3.26. The lowest BCUT2D eigenvalue weighted by atomic mass is 10.2. The Bertz CT molecular complexity index is 377. The van der Waals surface area contributed by atoms with Crippen LogP contribution in [0.5, 0.6) is 0 Å². The summed E-state index contributed by atoms with van der Waals surface area (Å²) in [5, 5.41) is 0. The van der Waals surface area contributed by atoms with Gasteiger partial charge in [-0.3, -0.25) is 9.47 Å². The third-order valence-electron chi connectivity index (χ3n) is 3.32. The van der Waals surface area contributed by atoms with Crippen LogP contribution in [-0.4, -0.2) is 42.8 Å². The van der Waals surface area contributed by atoms with Crippen LogP contribution in [0.2, 0.25) is 0 Å². The number of ether oxygens (including phenoxy) is 1. The Hall–Kier alpha value is -1.19. The fourth-order valence-corrected chi connectivity index (χ4v) is 1.93. The highest BCUT2D eigenvalue weighted by Gasteiger charge is 2.30. The predicted octanol–water partition coefficient (Wildman–Crippen LogP) is 1.84. The van der Waals surface area contributed by atoms with Crippen LogP contribution in [0.25, 0.3) is 5.70 Å². The summed E-state index contributed by atoms with van der Waals surface area (Å²) < 4.78 is 6.24. The molecule has 1 aromatic heterocycles. The molecule has 0 saturated carbocycles. The van der Waals surface area contributed by atoms with Crippen LogP contribution in [-0.2, 0) is 4.74 Å². The molecule has 1 aliphatic rings. The Morgan fingerprint density at radius 3 is 2.62 bits per heavy atom. The molecular weight excluding hydrogens is 200 g/mol. The first kappa shape index (κ1) is 11.3. The van der Waals surface area contributed by atoms with E-state index in [4.69, 9.17) is 4.74 Å². The smallest absolute Gasteiger partial charge is 0.151 e. The second-order valence-corrected chi connectivity index (χ2v) is 4.62. The van der Waals surface area contributed by atoms with Crippen LogP contribution in [0.4, 0.5) is 0 Å². The highest BCUT2D eigenvalue weighted by molar-refractivity contribution is 5.53. The molecule has 0 atom stereocenters. The van der Waals surface area contributed by atoms with Crippen molar-refractivity contribution in [2.45, 2.75) is 6.92 Å². The molecule has 0 unspecified atom stereocenters. The number of hydrogen-bond acceptors (Lipinski definition) is 2. The van der Waals surface area contributed by atoms with Gasteiger partial charge in [0.2, 0.25) is 0 Å². The SMILES string of the molecule is C=C(c1ccc(C)cn1)[N+]1(C)CCOCC1. The lowest BCUT2D eigenvalue weighted by Gasteiger charge is -2.37. The molecule has 2 rings (SSSR count). The molecule has 0 amide bonds. The van der Waals surface area contributed by atoms with Gasteiger partial charge in [-0.2, -0.15) is 0 Å². The zero-order valence-electron chi connectivity index (χ0n) is 10.1. The first-order chi connectivity index (χ1) is 7.62. The van der Waals surface area contributed by atoms with Crippen molar-refractivity contribution < 1.29 is 9.22 Å². The van der Waals surface area contributed by atoms with Gasteiger partial charge in [-0.05, 0) is 25.1 Å². The molecule has 0 aromatic carbocycles. The average Bonchev–Trinajstić information content (AvgIpc) is 2.30. The topological polar surface area (TPSA) is 22.1 Å². The molecular formula is C13H19N2O+. The second-order valence-electron chi connectivity index (χ2n) is 4.62. The number of aryl methyl sites for hydroxylation is 1. The summed E-state index contributed by atoms with van der Waals surface area (Å²) in [4.78, 5) is 4.44.